The van der Waals surface area contributed by atoms with E-state index in [2.05, 4.69) is 5.32 Å². The second-order valence-electron chi connectivity index (χ2n) is 2.98. The lowest BCUT2D eigenvalue weighted by Gasteiger charge is -2.08. The Kier molecular flexibility index (Phi) is 2.06. The number of ether oxygens (including phenoxy) is 1. The fourth-order valence-corrected chi connectivity index (χ4v) is 1.81. The molecule has 0 amide bonds. The Morgan fingerprint density at radius 2 is 2.31 bits per heavy atom. The van der Waals surface area contributed by atoms with Crippen molar-refractivity contribution < 1.29 is 9.84 Å². The van der Waals surface area contributed by atoms with Crippen LogP contribution in [0.1, 0.15) is 11.1 Å². The third-order valence-electron chi connectivity index (χ3n) is 2.24. The molecule has 1 aliphatic rings. The van der Waals surface area contributed by atoms with Gasteiger partial charge >= 0.3 is 0 Å². The van der Waals surface area contributed by atoms with Crippen molar-refractivity contribution >= 4 is 11.6 Å². The first-order valence-corrected chi connectivity index (χ1v) is 4.39. The number of halogens is 1. The summed E-state index contributed by atoms with van der Waals surface area (Å²) >= 11 is 5.95. The summed E-state index contributed by atoms with van der Waals surface area (Å²) in [5.41, 5.74) is 2.07. The molecule has 0 bridgehead atoms. The number of benzene rings is 1. The first kappa shape index (κ1) is 8.66. The zero-order valence-electron chi connectivity index (χ0n) is 7.22. The van der Waals surface area contributed by atoms with Gasteiger partial charge in [0.2, 0.25) is 0 Å². The van der Waals surface area contributed by atoms with Crippen molar-refractivity contribution in [1.82, 2.24) is 5.32 Å². The average Bonchev–Trinajstić information content (AvgIpc) is 2.59. The monoisotopic (exact) mass is 199 g/mol. The van der Waals surface area contributed by atoms with Gasteiger partial charge < -0.3 is 15.2 Å². The summed E-state index contributed by atoms with van der Waals surface area (Å²) in [6, 6.07) is 1.82. The Balaban J connectivity index is 2.61. The Bertz CT molecular complexity index is 351. The van der Waals surface area contributed by atoms with Gasteiger partial charge in [-0.3, -0.25) is 0 Å². The molecule has 0 aromatic heterocycles. The molecule has 1 heterocycles. The van der Waals surface area contributed by atoms with E-state index in [0.717, 1.165) is 17.7 Å². The highest BCUT2D eigenvalue weighted by molar-refractivity contribution is 6.33. The van der Waals surface area contributed by atoms with E-state index in [1.807, 2.05) is 6.07 Å². The zero-order valence-corrected chi connectivity index (χ0v) is 7.98. The van der Waals surface area contributed by atoms with E-state index < -0.39 is 0 Å². The summed E-state index contributed by atoms with van der Waals surface area (Å²) in [5, 5.41) is 13.1. The minimum Gasteiger partial charge on any atom is -0.503 e. The number of rotatable bonds is 1. The van der Waals surface area contributed by atoms with Crippen LogP contribution in [0.15, 0.2) is 6.07 Å². The number of nitrogens with one attached hydrogen (secondary N) is 1. The number of hydrogen-bond donors (Lipinski definition) is 2. The molecule has 1 aliphatic heterocycles. The highest BCUT2D eigenvalue weighted by Crippen LogP contribution is 2.39. The predicted octanol–water partition coefficient (Wildman–Crippen LogP) is 1.66. The summed E-state index contributed by atoms with van der Waals surface area (Å²) in [4.78, 5) is 0. The lowest BCUT2D eigenvalue weighted by Crippen LogP contribution is -2.00. The second kappa shape index (κ2) is 3.09. The van der Waals surface area contributed by atoms with E-state index in [9.17, 15) is 5.11 Å². The Labute approximate surface area is 81.3 Å². The first-order valence-electron chi connectivity index (χ1n) is 4.02. The van der Waals surface area contributed by atoms with E-state index in [-0.39, 0.29) is 5.75 Å². The molecule has 1 aromatic carbocycles. The van der Waals surface area contributed by atoms with Gasteiger partial charge in [0.25, 0.3) is 0 Å². The quantitative estimate of drug-likeness (QED) is 0.723. The third-order valence-corrected chi connectivity index (χ3v) is 2.64. The van der Waals surface area contributed by atoms with Crippen LogP contribution in [0, 0.1) is 0 Å². The molecule has 0 saturated heterocycles. The number of aromatic hydroxyl groups is 1. The largest absolute Gasteiger partial charge is 0.503 e. The first-order chi connectivity index (χ1) is 6.24. The summed E-state index contributed by atoms with van der Waals surface area (Å²) in [5.74, 6) is 0.471. The molecule has 0 aliphatic carbocycles. The number of hydrogen-bond acceptors (Lipinski definition) is 3. The van der Waals surface area contributed by atoms with Crippen molar-refractivity contribution in [1.29, 1.82) is 0 Å². The van der Waals surface area contributed by atoms with Crippen LogP contribution < -0.4 is 10.1 Å². The van der Waals surface area contributed by atoms with E-state index in [1.54, 1.807) is 0 Å². The van der Waals surface area contributed by atoms with Gasteiger partial charge in [-0.05, 0) is 17.2 Å². The molecule has 0 radical (unpaired) electrons. The molecule has 0 spiro atoms. The number of fused-ring (bicyclic) bond motifs is 1. The topological polar surface area (TPSA) is 41.5 Å². The van der Waals surface area contributed by atoms with Crippen LogP contribution in [0.2, 0.25) is 5.02 Å². The lowest BCUT2D eigenvalue weighted by atomic mass is 10.1. The van der Waals surface area contributed by atoms with Gasteiger partial charge in [-0.25, -0.2) is 0 Å². The van der Waals surface area contributed by atoms with Crippen molar-refractivity contribution in [3.8, 4) is 11.5 Å². The molecule has 0 unspecified atom stereocenters. The van der Waals surface area contributed by atoms with E-state index >= 15 is 0 Å². The van der Waals surface area contributed by atoms with Crippen LogP contribution in [-0.4, -0.2) is 12.2 Å². The molecular weight excluding hydrogens is 190 g/mol. The Hall–Kier alpha value is -0.930. The van der Waals surface area contributed by atoms with E-state index in [1.165, 1.54) is 7.11 Å². The van der Waals surface area contributed by atoms with Crippen molar-refractivity contribution in [2.45, 2.75) is 13.1 Å². The maximum absolute atomic E-state index is 9.58. The minimum absolute atomic E-state index is 0.0339. The highest BCUT2D eigenvalue weighted by atomic mass is 35.5. The Morgan fingerprint density at radius 3 is 3.00 bits per heavy atom. The molecule has 3 nitrogen and oxygen atoms in total. The van der Waals surface area contributed by atoms with Crippen LogP contribution in [-0.2, 0) is 13.1 Å². The van der Waals surface area contributed by atoms with Crippen LogP contribution in [0.3, 0.4) is 0 Å². The van der Waals surface area contributed by atoms with Crippen molar-refractivity contribution in [2.75, 3.05) is 7.11 Å². The average molecular weight is 200 g/mol. The molecule has 2 rings (SSSR count). The predicted molar refractivity (Wildman–Crippen MR) is 50.2 cm³/mol. The van der Waals surface area contributed by atoms with E-state index in [0.29, 0.717) is 17.3 Å². The standard InChI is InChI=1S/C9H10ClNO2/c1-13-7-2-5-3-11-4-6(5)8(10)9(7)12/h2,11-12H,3-4H2,1H3. The summed E-state index contributed by atoms with van der Waals surface area (Å²) < 4.78 is 4.99. The third kappa shape index (κ3) is 1.24. The Morgan fingerprint density at radius 1 is 1.54 bits per heavy atom. The SMILES string of the molecule is COc1cc2c(c(Cl)c1O)CNC2. The number of methoxy groups -OCH3 is 1. The summed E-state index contributed by atoms with van der Waals surface area (Å²) in [6.07, 6.45) is 0. The molecule has 0 fully saturated rings. The normalized spacial score (nSPS) is 14.3. The van der Waals surface area contributed by atoms with Gasteiger partial charge in [0.05, 0.1) is 12.1 Å². The zero-order chi connectivity index (χ0) is 9.42. The summed E-state index contributed by atoms with van der Waals surface area (Å²) in [7, 11) is 1.51. The van der Waals surface area contributed by atoms with Crippen molar-refractivity contribution in [2.24, 2.45) is 0 Å². The fraction of sp³-hybridized carbons (Fsp3) is 0.333. The van der Waals surface area contributed by atoms with Crippen molar-refractivity contribution in [3.63, 3.8) is 0 Å². The molecule has 2 N–H and O–H groups in total. The minimum atomic E-state index is 0.0339. The van der Waals surface area contributed by atoms with Gasteiger partial charge in [0.1, 0.15) is 0 Å². The van der Waals surface area contributed by atoms with E-state index in [4.69, 9.17) is 16.3 Å². The highest BCUT2D eigenvalue weighted by Gasteiger charge is 2.19. The van der Waals surface area contributed by atoms with Gasteiger partial charge in [0, 0.05) is 13.1 Å². The van der Waals surface area contributed by atoms with Crippen LogP contribution in [0.25, 0.3) is 0 Å². The fourth-order valence-electron chi connectivity index (χ4n) is 1.53. The van der Waals surface area contributed by atoms with Crippen LogP contribution >= 0.6 is 11.6 Å². The molecule has 0 atom stereocenters. The lowest BCUT2D eigenvalue weighted by molar-refractivity contribution is 0.373. The molecule has 1 aromatic rings. The molecule has 0 saturated carbocycles. The van der Waals surface area contributed by atoms with Gasteiger partial charge in [-0.1, -0.05) is 11.6 Å². The van der Waals surface area contributed by atoms with Crippen molar-refractivity contribution in [3.05, 3.63) is 22.2 Å². The van der Waals surface area contributed by atoms with Gasteiger partial charge in [0.15, 0.2) is 11.5 Å². The molecule has 70 valence electrons. The van der Waals surface area contributed by atoms with Crippen LogP contribution in [0.4, 0.5) is 0 Å². The maximum Gasteiger partial charge on any atom is 0.177 e. The van der Waals surface area contributed by atoms with Crippen LogP contribution in [0.5, 0.6) is 11.5 Å². The maximum atomic E-state index is 9.58. The smallest absolute Gasteiger partial charge is 0.177 e. The molecule has 13 heavy (non-hydrogen) atoms. The second-order valence-corrected chi connectivity index (χ2v) is 3.36. The van der Waals surface area contributed by atoms with Gasteiger partial charge in [-0.15, -0.1) is 0 Å². The number of phenols is 1. The number of phenolic OH excluding ortho intramolecular Hbond substituents is 1. The molecule has 4 heteroatoms. The molecular formula is C9H10ClNO2. The van der Waals surface area contributed by atoms with Gasteiger partial charge in [-0.2, -0.15) is 0 Å². The summed E-state index contributed by atoms with van der Waals surface area (Å²) in [6.45, 7) is 1.50.